The number of carbonyl (C=O) groups excluding carboxylic acids is 1. The van der Waals surface area contributed by atoms with Gasteiger partial charge in [0.05, 0.1) is 27.0 Å². The zero-order valence-corrected chi connectivity index (χ0v) is 18.9. The molecule has 0 atom stereocenters. The molecule has 0 bridgehead atoms. The number of anilines is 1. The fourth-order valence-electron chi connectivity index (χ4n) is 3.22. The molecule has 1 aromatic heterocycles. The van der Waals surface area contributed by atoms with Gasteiger partial charge in [0.2, 0.25) is 5.88 Å². The summed E-state index contributed by atoms with van der Waals surface area (Å²) in [6.45, 7) is 0. The fourth-order valence-corrected chi connectivity index (χ4v) is 3.22. The van der Waals surface area contributed by atoms with Gasteiger partial charge < -0.3 is 24.3 Å². The summed E-state index contributed by atoms with van der Waals surface area (Å²) in [6.07, 6.45) is 1.60. The molecular weight excluding hydrogens is 434 g/mol. The number of hydrogen-bond acceptors (Lipinski definition) is 7. The number of methoxy groups -OCH3 is 3. The summed E-state index contributed by atoms with van der Waals surface area (Å²) in [5.41, 5.74) is 1.65. The lowest BCUT2D eigenvalue weighted by Crippen LogP contribution is -2.12. The predicted octanol–water partition coefficient (Wildman–Crippen LogP) is 5.21. The van der Waals surface area contributed by atoms with Gasteiger partial charge in [-0.05, 0) is 36.4 Å². The highest BCUT2D eigenvalue weighted by molar-refractivity contribution is 6.05. The monoisotopic (exact) mass is 457 g/mol. The van der Waals surface area contributed by atoms with Crippen LogP contribution in [0.3, 0.4) is 0 Å². The summed E-state index contributed by atoms with van der Waals surface area (Å²) >= 11 is 0. The van der Waals surface area contributed by atoms with E-state index < -0.39 is 0 Å². The van der Waals surface area contributed by atoms with Crippen LogP contribution in [0.15, 0.2) is 79.0 Å². The Hall–Kier alpha value is -4.59. The third-order valence-corrected chi connectivity index (χ3v) is 4.93. The minimum atomic E-state index is -0.297. The van der Waals surface area contributed by atoms with Crippen LogP contribution in [0.5, 0.6) is 28.9 Å². The molecule has 0 unspecified atom stereocenters. The molecule has 34 heavy (non-hydrogen) atoms. The third-order valence-electron chi connectivity index (χ3n) is 4.93. The summed E-state index contributed by atoms with van der Waals surface area (Å²) in [5.74, 6) is 2.89. The molecule has 1 N–H and O–H groups in total. The molecule has 3 aromatic carbocycles. The van der Waals surface area contributed by atoms with Crippen molar-refractivity contribution in [3.05, 3.63) is 84.6 Å². The van der Waals surface area contributed by atoms with Crippen LogP contribution in [0.4, 0.5) is 5.69 Å². The van der Waals surface area contributed by atoms with E-state index in [4.69, 9.17) is 18.9 Å². The van der Waals surface area contributed by atoms with Gasteiger partial charge in [-0.3, -0.25) is 4.79 Å². The molecule has 0 saturated carbocycles. The second kappa shape index (κ2) is 10.4. The van der Waals surface area contributed by atoms with E-state index in [1.54, 1.807) is 68.9 Å². The van der Waals surface area contributed by atoms with E-state index in [0.29, 0.717) is 51.5 Å². The maximum Gasteiger partial charge on any atom is 0.255 e. The molecule has 0 aliphatic heterocycles. The van der Waals surface area contributed by atoms with Crippen molar-refractivity contribution in [1.29, 1.82) is 0 Å². The van der Waals surface area contributed by atoms with Crippen molar-refractivity contribution in [3.63, 3.8) is 0 Å². The first kappa shape index (κ1) is 22.6. The van der Waals surface area contributed by atoms with Crippen molar-refractivity contribution < 1.29 is 23.7 Å². The summed E-state index contributed by atoms with van der Waals surface area (Å²) in [5, 5.41) is 2.87. The minimum absolute atomic E-state index is 0.297. The van der Waals surface area contributed by atoms with E-state index >= 15 is 0 Å². The number of amides is 1. The number of aromatic nitrogens is 2. The molecule has 1 amide bonds. The van der Waals surface area contributed by atoms with Gasteiger partial charge >= 0.3 is 0 Å². The van der Waals surface area contributed by atoms with Crippen molar-refractivity contribution >= 4 is 11.6 Å². The van der Waals surface area contributed by atoms with Gasteiger partial charge in [-0.15, -0.1) is 0 Å². The average Bonchev–Trinajstić information content (AvgIpc) is 2.89. The van der Waals surface area contributed by atoms with Crippen molar-refractivity contribution in [2.24, 2.45) is 0 Å². The van der Waals surface area contributed by atoms with Crippen LogP contribution in [0.1, 0.15) is 10.4 Å². The molecule has 4 rings (SSSR count). The standard InChI is InChI=1S/C26H23N3O5/c1-31-19-8-5-9-21(15-19)34-24-12-13-27-25(29-24)17-6-4-7-18(14-17)26(30)28-22-11-10-20(32-2)16-23(22)33-3/h4-16H,1-3H3,(H,28,30). The van der Waals surface area contributed by atoms with E-state index in [1.807, 2.05) is 24.3 Å². The molecule has 8 nitrogen and oxygen atoms in total. The summed E-state index contributed by atoms with van der Waals surface area (Å²) < 4.78 is 21.6. The maximum atomic E-state index is 12.9. The molecular formula is C26H23N3O5. The van der Waals surface area contributed by atoms with Crippen LogP contribution in [0, 0.1) is 0 Å². The van der Waals surface area contributed by atoms with Crippen LogP contribution in [-0.4, -0.2) is 37.2 Å². The molecule has 1 heterocycles. The highest BCUT2D eigenvalue weighted by Crippen LogP contribution is 2.30. The van der Waals surface area contributed by atoms with E-state index in [1.165, 1.54) is 7.11 Å². The normalized spacial score (nSPS) is 10.3. The van der Waals surface area contributed by atoms with Crippen LogP contribution in [0.2, 0.25) is 0 Å². The zero-order chi connectivity index (χ0) is 23.9. The Morgan fingerprint density at radius 2 is 1.56 bits per heavy atom. The zero-order valence-electron chi connectivity index (χ0n) is 18.9. The topological polar surface area (TPSA) is 91.8 Å². The number of nitrogens with zero attached hydrogens (tertiary/aromatic N) is 2. The number of carbonyl (C=O) groups is 1. The summed E-state index contributed by atoms with van der Waals surface area (Å²) in [4.78, 5) is 21.7. The van der Waals surface area contributed by atoms with E-state index in [0.717, 1.165) is 0 Å². The number of ether oxygens (including phenoxy) is 4. The molecule has 0 radical (unpaired) electrons. The second-order valence-corrected chi connectivity index (χ2v) is 7.10. The Morgan fingerprint density at radius 3 is 2.35 bits per heavy atom. The predicted molar refractivity (Wildman–Crippen MR) is 128 cm³/mol. The van der Waals surface area contributed by atoms with Crippen LogP contribution in [0.25, 0.3) is 11.4 Å². The quantitative estimate of drug-likeness (QED) is 0.388. The molecule has 0 spiro atoms. The lowest BCUT2D eigenvalue weighted by atomic mass is 10.1. The number of hydrogen-bond donors (Lipinski definition) is 1. The number of rotatable bonds is 8. The molecule has 0 aliphatic carbocycles. The van der Waals surface area contributed by atoms with Crippen molar-refractivity contribution in [2.45, 2.75) is 0 Å². The van der Waals surface area contributed by atoms with Gasteiger partial charge in [-0.2, -0.15) is 4.98 Å². The van der Waals surface area contributed by atoms with Crippen LogP contribution in [-0.2, 0) is 0 Å². The van der Waals surface area contributed by atoms with Gasteiger partial charge in [0.1, 0.15) is 23.0 Å². The molecule has 0 saturated heterocycles. The molecule has 0 aliphatic rings. The van der Waals surface area contributed by atoms with Gasteiger partial charge in [-0.1, -0.05) is 18.2 Å². The number of benzene rings is 3. The fraction of sp³-hybridized carbons (Fsp3) is 0.115. The third kappa shape index (κ3) is 5.24. The maximum absolute atomic E-state index is 12.9. The molecule has 0 fully saturated rings. The van der Waals surface area contributed by atoms with Gasteiger partial charge in [-0.25, -0.2) is 4.98 Å². The average molecular weight is 457 g/mol. The second-order valence-electron chi connectivity index (χ2n) is 7.10. The minimum Gasteiger partial charge on any atom is -0.497 e. The lowest BCUT2D eigenvalue weighted by molar-refractivity contribution is 0.102. The van der Waals surface area contributed by atoms with Crippen LogP contribution >= 0.6 is 0 Å². The Labute approximate surface area is 197 Å². The Balaban J connectivity index is 1.54. The van der Waals surface area contributed by atoms with Crippen molar-refractivity contribution in [3.8, 4) is 40.3 Å². The first-order valence-corrected chi connectivity index (χ1v) is 10.4. The van der Waals surface area contributed by atoms with Crippen molar-refractivity contribution in [1.82, 2.24) is 9.97 Å². The number of nitrogens with one attached hydrogen (secondary N) is 1. The summed E-state index contributed by atoms with van der Waals surface area (Å²) in [7, 11) is 4.69. The molecule has 172 valence electrons. The van der Waals surface area contributed by atoms with Gasteiger partial charge in [0, 0.05) is 35.5 Å². The Kier molecular flexibility index (Phi) is 6.88. The van der Waals surface area contributed by atoms with E-state index in [2.05, 4.69) is 15.3 Å². The first-order valence-electron chi connectivity index (χ1n) is 10.4. The highest BCUT2D eigenvalue weighted by Gasteiger charge is 2.13. The lowest BCUT2D eigenvalue weighted by Gasteiger charge is -2.12. The first-order chi connectivity index (χ1) is 16.6. The van der Waals surface area contributed by atoms with Gasteiger partial charge in [0.25, 0.3) is 5.91 Å². The van der Waals surface area contributed by atoms with Crippen LogP contribution < -0.4 is 24.3 Å². The Bertz CT molecular complexity index is 1310. The highest BCUT2D eigenvalue weighted by atomic mass is 16.5. The van der Waals surface area contributed by atoms with E-state index in [9.17, 15) is 4.79 Å². The Morgan fingerprint density at radius 1 is 0.794 bits per heavy atom. The molecule has 4 aromatic rings. The van der Waals surface area contributed by atoms with E-state index in [-0.39, 0.29) is 5.91 Å². The summed E-state index contributed by atoms with van der Waals surface area (Å²) in [6, 6.07) is 21.1. The SMILES string of the molecule is COc1cccc(Oc2ccnc(-c3cccc(C(=O)Nc4ccc(OC)cc4OC)c3)n2)c1. The molecule has 8 heteroatoms. The largest absolute Gasteiger partial charge is 0.497 e. The van der Waals surface area contributed by atoms with Gasteiger partial charge in [0.15, 0.2) is 5.82 Å². The van der Waals surface area contributed by atoms with Crippen molar-refractivity contribution in [2.75, 3.05) is 26.6 Å². The smallest absolute Gasteiger partial charge is 0.255 e.